The van der Waals surface area contributed by atoms with E-state index in [-0.39, 0.29) is 6.04 Å². The summed E-state index contributed by atoms with van der Waals surface area (Å²) in [5.41, 5.74) is 0. The van der Waals surface area contributed by atoms with Crippen molar-refractivity contribution in [2.45, 2.75) is 25.5 Å². The van der Waals surface area contributed by atoms with Crippen molar-refractivity contribution in [3.05, 3.63) is 22.4 Å². The standard InChI is InChI=1S/C11H19NO2S/c1-3-9(12-6-7-14-2)11(13)10-5-4-8-15-10/h4-5,8-9,11-13H,3,6-7H2,1-2H3. The molecule has 0 fully saturated rings. The zero-order valence-corrected chi connectivity index (χ0v) is 10.1. The lowest BCUT2D eigenvalue weighted by Crippen LogP contribution is -2.36. The number of hydrogen-bond acceptors (Lipinski definition) is 4. The third-order valence-corrected chi connectivity index (χ3v) is 3.31. The maximum atomic E-state index is 10.1. The Kier molecular flexibility index (Phi) is 5.86. The first-order chi connectivity index (χ1) is 7.29. The molecule has 1 aromatic rings. The summed E-state index contributed by atoms with van der Waals surface area (Å²) in [5.74, 6) is 0. The average Bonchev–Trinajstić information content (AvgIpc) is 2.77. The molecule has 0 aromatic carbocycles. The molecule has 15 heavy (non-hydrogen) atoms. The van der Waals surface area contributed by atoms with Gasteiger partial charge in [-0.1, -0.05) is 13.0 Å². The molecule has 0 aliphatic carbocycles. The summed E-state index contributed by atoms with van der Waals surface area (Å²) in [4.78, 5) is 1.02. The van der Waals surface area contributed by atoms with Crippen LogP contribution in [0.2, 0.25) is 0 Å². The predicted octanol–water partition coefficient (Wildman–Crippen LogP) is 1.80. The van der Waals surface area contributed by atoms with E-state index in [1.807, 2.05) is 17.5 Å². The third-order valence-electron chi connectivity index (χ3n) is 2.37. The van der Waals surface area contributed by atoms with Gasteiger partial charge < -0.3 is 15.2 Å². The van der Waals surface area contributed by atoms with Crippen LogP contribution in [0.4, 0.5) is 0 Å². The Labute approximate surface area is 95.1 Å². The lowest BCUT2D eigenvalue weighted by atomic mass is 10.1. The van der Waals surface area contributed by atoms with E-state index in [1.165, 1.54) is 0 Å². The molecule has 2 unspecified atom stereocenters. The summed E-state index contributed by atoms with van der Waals surface area (Å²) in [6.45, 7) is 3.52. The highest BCUT2D eigenvalue weighted by Crippen LogP contribution is 2.23. The first-order valence-electron chi connectivity index (χ1n) is 5.23. The molecule has 0 bridgehead atoms. The molecule has 0 radical (unpaired) electrons. The minimum Gasteiger partial charge on any atom is -0.386 e. The predicted molar refractivity (Wildman–Crippen MR) is 63.2 cm³/mol. The summed E-state index contributed by atoms with van der Waals surface area (Å²) in [6.07, 6.45) is 0.495. The number of hydrogen-bond donors (Lipinski definition) is 2. The second-order valence-corrected chi connectivity index (χ2v) is 4.40. The van der Waals surface area contributed by atoms with Gasteiger partial charge in [-0.15, -0.1) is 11.3 Å². The van der Waals surface area contributed by atoms with Crippen molar-refractivity contribution in [1.29, 1.82) is 0 Å². The molecule has 0 aliphatic heterocycles. The largest absolute Gasteiger partial charge is 0.386 e. The molecule has 4 heteroatoms. The highest BCUT2D eigenvalue weighted by molar-refractivity contribution is 7.10. The molecule has 2 N–H and O–H groups in total. The van der Waals surface area contributed by atoms with Crippen molar-refractivity contribution < 1.29 is 9.84 Å². The summed E-state index contributed by atoms with van der Waals surface area (Å²) in [6, 6.07) is 4.04. The van der Waals surface area contributed by atoms with Gasteiger partial charge in [0.05, 0.1) is 6.61 Å². The Morgan fingerprint density at radius 1 is 1.60 bits per heavy atom. The molecule has 0 saturated carbocycles. The van der Waals surface area contributed by atoms with E-state index >= 15 is 0 Å². The van der Waals surface area contributed by atoms with Crippen LogP contribution >= 0.6 is 11.3 Å². The number of aliphatic hydroxyl groups excluding tert-OH is 1. The minimum absolute atomic E-state index is 0.110. The van der Waals surface area contributed by atoms with Gasteiger partial charge in [-0.2, -0.15) is 0 Å². The zero-order valence-electron chi connectivity index (χ0n) is 9.27. The van der Waals surface area contributed by atoms with Gasteiger partial charge in [0, 0.05) is 24.6 Å². The second-order valence-electron chi connectivity index (χ2n) is 3.42. The zero-order chi connectivity index (χ0) is 11.1. The monoisotopic (exact) mass is 229 g/mol. The first-order valence-corrected chi connectivity index (χ1v) is 6.11. The van der Waals surface area contributed by atoms with Crippen molar-refractivity contribution in [2.75, 3.05) is 20.3 Å². The van der Waals surface area contributed by atoms with E-state index in [0.29, 0.717) is 6.61 Å². The van der Waals surface area contributed by atoms with Crippen LogP contribution in [0, 0.1) is 0 Å². The number of rotatable bonds is 7. The van der Waals surface area contributed by atoms with Crippen LogP contribution in [-0.2, 0) is 4.74 Å². The fourth-order valence-electron chi connectivity index (χ4n) is 1.48. The van der Waals surface area contributed by atoms with Crippen LogP contribution in [0.3, 0.4) is 0 Å². The van der Waals surface area contributed by atoms with Crippen LogP contribution in [0.15, 0.2) is 17.5 Å². The van der Waals surface area contributed by atoms with Gasteiger partial charge in [0.1, 0.15) is 6.10 Å². The van der Waals surface area contributed by atoms with Crippen LogP contribution in [0.5, 0.6) is 0 Å². The number of methoxy groups -OCH3 is 1. The molecule has 1 rings (SSSR count). The summed E-state index contributed by atoms with van der Waals surface area (Å²) < 4.78 is 4.97. The van der Waals surface area contributed by atoms with E-state index in [0.717, 1.165) is 17.8 Å². The summed E-state index contributed by atoms with van der Waals surface area (Å²) in [5, 5.41) is 15.4. The van der Waals surface area contributed by atoms with E-state index in [4.69, 9.17) is 4.74 Å². The molecule has 0 spiro atoms. The SMILES string of the molecule is CCC(NCCOC)C(O)c1cccs1. The van der Waals surface area contributed by atoms with Crippen molar-refractivity contribution in [3.8, 4) is 0 Å². The Morgan fingerprint density at radius 3 is 2.93 bits per heavy atom. The molecule has 0 aliphatic rings. The van der Waals surface area contributed by atoms with Crippen molar-refractivity contribution in [3.63, 3.8) is 0 Å². The van der Waals surface area contributed by atoms with Crippen LogP contribution in [0.25, 0.3) is 0 Å². The lowest BCUT2D eigenvalue weighted by Gasteiger charge is -2.21. The third kappa shape index (κ3) is 3.91. The van der Waals surface area contributed by atoms with E-state index in [2.05, 4.69) is 12.2 Å². The molecule has 86 valence electrons. The van der Waals surface area contributed by atoms with Gasteiger partial charge in [-0.3, -0.25) is 0 Å². The molecule has 1 aromatic heterocycles. The van der Waals surface area contributed by atoms with Crippen molar-refractivity contribution >= 4 is 11.3 Å². The highest BCUT2D eigenvalue weighted by Gasteiger charge is 2.18. The van der Waals surface area contributed by atoms with Crippen LogP contribution < -0.4 is 5.32 Å². The van der Waals surface area contributed by atoms with Gasteiger partial charge in [-0.05, 0) is 17.9 Å². The number of nitrogens with one attached hydrogen (secondary N) is 1. The molecule has 0 saturated heterocycles. The first kappa shape index (κ1) is 12.6. The van der Waals surface area contributed by atoms with Crippen LogP contribution in [-0.4, -0.2) is 31.4 Å². The Balaban J connectivity index is 2.43. The molecule has 1 heterocycles. The molecule has 3 nitrogen and oxygen atoms in total. The molecular formula is C11H19NO2S. The Hall–Kier alpha value is -0.420. The number of aliphatic hydroxyl groups is 1. The summed E-state index contributed by atoms with van der Waals surface area (Å²) in [7, 11) is 1.68. The molecule has 0 amide bonds. The van der Waals surface area contributed by atoms with E-state index in [9.17, 15) is 5.11 Å². The second kappa shape index (κ2) is 6.95. The maximum absolute atomic E-state index is 10.1. The normalized spacial score (nSPS) is 15.1. The topological polar surface area (TPSA) is 41.5 Å². The maximum Gasteiger partial charge on any atom is 0.103 e. The molecular weight excluding hydrogens is 210 g/mol. The minimum atomic E-state index is -0.410. The van der Waals surface area contributed by atoms with Crippen molar-refractivity contribution in [1.82, 2.24) is 5.32 Å². The quantitative estimate of drug-likeness (QED) is 0.701. The van der Waals surface area contributed by atoms with Gasteiger partial charge in [0.15, 0.2) is 0 Å². The van der Waals surface area contributed by atoms with Gasteiger partial charge in [-0.25, -0.2) is 0 Å². The highest BCUT2D eigenvalue weighted by atomic mass is 32.1. The van der Waals surface area contributed by atoms with Crippen LogP contribution in [0.1, 0.15) is 24.3 Å². The number of ether oxygens (including phenoxy) is 1. The average molecular weight is 229 g/mol. The van der Waals surface area contributed by atoms with Gasteiger partial charge in [0.25, 0.3) is 0 Å². The summed E-state index contributed by atoms with van der Waals surface area (Å²) >= 11 is 1.59. The van der Waals surface area contributed by atoms with E-state index in [1.54, 1.807) is 18.4 Å². The Bertz CT molecular complexity index is 251. The van der Waals surface area contributed by atoms with Gasteiger partial charge in [0.2, 0.25) is 0 Å². The smallest absolute Gasteiger partial charge is 0.103 e. The fraction of sp³-hybridized carbons (Fsp3) is 0.636. The van der Waals surface area contributed by atoms with Gasteiger partial charge >= 0.3 is 0 Å². The fourth-order valence-corrected chi connectivity index (χ4v) is 2.26. The molecule has 2 atom stereocenters. The lowest BCUT2D eigenvalue weighted by molar-refractivity contribution is 0.120. The van der Waals surface area contributed by atoms with E-state index < -0.39 is 6.10 Å². The number of thiophene rings is 1. The Morgan fingerprint density at radius 2 is 2.40 bits per heavy atom. The van der Waals surface area contributed by atoms with Crippen molar-refractivity contribution in [2.24, 2.45) is 0 Å².